The van der Waals surface area contributed by atoms with Gasteiger partial charge in [-0.05, 0) is 25.0 Å². The molecule has 0 radical (unpaired) electrons. The standard InChI is InChI=1S/C10H13N3O3S3/c11-9(14)6-2-1-5-13(6)19(15,16)8-4-3-7(18-8)10(12)17/h3-4,6H,1-2,5H2,(H2,11,14)(H2,12,17). The van der Waals surface area contributed by atoms with Crippen molar-refractivity contribution in [1.82, 2.24) is 4.31 Å². The summed E-state index contributed by atoms with van der Waals surface area (Å²) in [6.45, 7) is 0.302. The Hall–Kier alpha value is -1.03. The summed E-state index contributed by atoms with van der Waals surface area (Å²) in [7, 11) is -3.71. The van der Waals surface area contributed by atoms with Crippen molar-refractivity contribution in [3.05, 3.63) is 17.0 Å². The highest BCUT2D eigenvalue weighted by molar-refractivity contribution is 7.91. The Balaban J connectivity index is 2.36. The summed E-state index contributed by atoms with van der Waals surface area (Å²) < 4.78 is 26.1. The van der Waals surface area contributed by atoms with Gasteiger partial charge in [-0.3, -0.25) is 4.79 Å². The fourth-order valence-electron chi connectivity index (χ4n) is 2.02. The van der Waals surface area contributed by atoms with Crippen LogP contribution < -0.4 is 11.5 Å². The first-order chi connectivity index (χ1) is 8.84. The Labute approximate surface area is 120 Å². The molecule has 1 unspecified atom stereocenters. The van der Waals surface area contributed by atoms with E-state index in [9.17, 15) is 13.2 Å². The molecule has 1 saturated heterocycles. The van der Waals surface area contributed by atoms with Crippen LogP contribution in [0, 0.1) is 0 Å². The van der Waals surface area contributed by atoms with E-state index >= 15 is 0 Å². The minimum Gasteiger partial charge on any atom is -0.389 e. The van der Waals surface area contributed by atoms with Crippen molar-refractivity contribution in [2.24, 2.45) is 11.5 Å². The Morgan fingerprint density at radius 3 is 2.63 bits per heavy atom. The zero-order valence-electron chi connectivity index (χ0n) is 9.90. The molecule has 2 rings (SSSR count). The second-order valence-electron chi connectivity index (χ2n) is 4.16. The van der Waals surface area contributed by atoms with Crippen molar-refractivity contribution in [3.8, 4) is 0 Å². The molecule has 19 heavy (non-hydrogen) atoms. The van der Waals surface area contributed by atoms with Crippen molar-refractivity contribution in [1.29, 1.82) is 0 Å². The third-order valence-corrected chi connectivity index (χ3v) is 6.76. The fourth-order valence-corrected chi connectivity index (χ4v) is 5.16. The summed E-state index contributed by atoms with van der Waals surface area (Å²) in [5.74, 6) is -0.618. The molecule has 0 bridgehead atoms. The molecule has 6 nitrogen and oxygen atoms in total. The highest BCUT2D eigenvalue weighted by atomic mass is 32.2. The molecule has 4 N–H and O–H groups in total. The summed E-state index contributed by atoms with van der Waals surface area (Å²) in [5.41, 5.74) is 10.7. The van der Waals surface area contributed by atoms with Gasteiger partial charge in [-0.1, -0.05) is 12.2 Å². The van der Waals surface area contributed by atoms with Gasteiger partial charge in [-0.15, -0.1) is 11.3 Å². The van der Waals surface area contributed by atoms with Crippen LogP contribution in [0.5, 0.6) is 0 Å². The first kappa shape index (κ1) is 14.4. The van der Waals surface area contributed by atoms with Crippen molar-refractivity contribution >= 4 is 44.5 Å². The molecule has 1 amide bonds. The number of hydrogen-bond acceptors (Lipinski definition) is 5. The Kier molecular flexibility index (Phi) is 3.90. The maximum atomic E-state index is 12.4. The first-order valence-electron chi connectivity index (χ1n) is 5.55. The molecule has 1 aliphatic heterocycles. The van der Waals surface area contributed by atoms with Crippen molar-refractivity contribution in [3.63, 3.8) is 0 Å². The molecular formula is C10H13N3O3S3. The Bertz CT molecular complexity index is 623. The largest absolute Gasteiger partial charge is 0.389 e. The minimum absolute atomic E-state index is 0.128. The number of primary amides is 1. The van der Waals surface area contributed by atoms with Crippen LogP contribution in [0.25, 0.3) is 0 Å². The van der Waals surface area contributed by atoms with E-state index in [2.05, 4.69) is 0 Å². The van der Waals surface area contributed by atoms with Crippen molar-refractivity contribution < 1.29 is 13.2 Å². The summed E-state index contributed by atoms with van der Waals surface area (Å²) >= 11 is 5.80. The summed E-state index contributed by atoms with van der Waals surface area (Å²) in [4.78, 5) is 12.0. The predicted octanol–water partition coefficient (Wildman–Crippen LogP) is 0.0207. The number of sulfonamides is 1. The molecule has 1 fully saturated rings. The van der Waals surface area contributed by atoms with Crippen LogP contribution in [0.4, 0.5) is 0 Å². The lowest BCUT2D eigenvalue weighted by atomic mass is 10.2. The molecule has 1 aromatic rings. The number of nitrogens with zero attached hydrogens (tertiary/aromatic N) is 1. The number of carbonyl (C=O) groups is 1. The number of thiophene rings is 1. The van der Waals surface area contributed by atoms with Gasteiger partial charge in [0.2, 0.25) is 5.91 Å². The lowest BCUT2D eigenvalue weighted by molar-refractivity contribution is -0.121. The molecule has 0 aromatic carbocycles. The molecule has 1 atom stereocenters. The quantitative estimate of drug-likeness (QED) is 0.761. The third kappa shape index (κ3) is 2.64. The summed E-state index contributed by atoms with van der Waals surface area (Å²) in [6, 6.07) is 2.25. The van der Waals surface area contributed by atoms with E-state index in [0.717, 1.165) is 15.6 Å². The van der Waals surface area contributed by atoms with Crippen LogP contribution in [0.2, 0.25) is 0 Å². The van der Waals surface area contributed by atoms with Gasteiger partial charge in [-0.25, -0.2) is 8.42 Å². The molecule has 0 spiro atoms. The second-order valence-corrected chi connectivity index (χ2v) is 7.80. The molecule has 9 heteroatoms. The summed E-state index contributed by atoms with van der Waals surface area (Å²) in [5, 5.41) is 0. The minimum atomic E-state index is -3.71. The van der Waals surface area contributed by atoms with Gasteiger partial charge >= 0.3 is 0 Å². The number of nitrogens with two attached hydrogens (primary N) is 2. The Morgan fingerprint density at radius 1 is 1.42 bits per heavy atom. The second kappa shape index (κ2) is 5.16. The first-order valence-corrected chi connectivity index (χ1v) is 8.21. The van der Waals surface area contributed by atoms with Crippen LogP contribution in [-0.2, 0) is 14.8 Å². The van der Waals surface area contributed by atoms with Crippen molar-refractivity contribution in [2.75, 3.05) is 6.54 Å². The van der Waals surface area contributed by atoms with E-state index < -0.39 is 22.0 Å². The van der Waals surface area contributed by atoms with Crippen LogP contribution in [0.3, 0.4) is 0 Å². The maximum absolute atomic E-state index is 12.4. The molecule has 0 aliphatic carbocycles. The maximum Gasteiger partial charge on any atom is 0.253 e. The topological polar surface area (TPSA) is 106 Å². The number of hydrogen-bond donors (Lipinski definition) is 2. The van der Waals surface area contributed by atoms with Gasteiger partial charge in [0.1, 0.15) is 15.2 Å². The molecule has 0 saturated carbocycles. The number of thiocarbonyl (C=S) groups is 1. The van der Waals surface area contributed by atoms with Gasteiger partial charge in [0.25, 0.3) is 10.0 Å². The predicted molar refractivity (Wildman–Crippen MR) is 76.3 cm³/mol. The molecule has 104 valence electrons. The van der Waals surface area contributed by atoms with Crippen molar-refractivity contribution in [2.45, 2.75) is 23.1 Å². The zero-order valence-corrected chi connectivity index (χ0v) is 12.4. The van der Waals surface area contributed by atoms with E-state index in [4.69, 9.17) is 23.7 Å². The lowest BCUT2D eigenvalue weighted by Gasteiger charge is -2.20. The van der Waals surface area contributed by atoms with E-state index in [1.54, 1.807) is 6.07 Å². The fraction of sp³-hybridized carbons (Fsp3) is 0.400. The van der Waals surface area contributed by atoms with Gasteiger partial charge in [0.05, 0.1) is 4.88 Å². The Morgan fingerprint density at radius 2 is 2.11 bits per heavy atom. The molecule has 1 aliphatic rings. The lowest BCUT2D eigenvalue weighted by Crippen LogP contribution is -2.43. The number of rotatable bonds is 4. The average Bonchev–Trinajstić information content (AvgIpc) is 2.98. The van der Waals surface area contributed by atoms with Gasteiger partial charge < -0.3 is 11.5 Å². The van der Waals surface area contributed by atoms with E-state index in [1.165, 1.54) is 6.07 Å². The third-order valence-electron chi connectivity index (χ3n) is 2.92. The molecule has 1 aromatic heterocycles. The van der Waals surface area contributed by atoms with Gasteiger partial charge in [-0.2, -0.15) is 4.31 Å². The number of amides is 1. The smallest absolute Gasteiger partial charge is 0.253 e. The van der Waals surface area contributed by atoms with Crippen LogP contribution in [0.15, 0.2) is 16.3 Å². The van der Waals surface area contributed by atoms with Gasteiger partial charge in [0.15, 0.2) is 0 Å². The van der Waals surface area contributed by atoms with Gasteiger partial charge in [0, 0.05) is 6.54 Å². The van der Waals surface area contributed by atoms with E-state index in [0.29, 0.717) is 24.3 Å². The summed E-state index contributed by atoms with van der Waals surface area (Å²) in [6.07, 6.45) is 1.09. The normalized spacial score (nSPS) is 20.5. The van der Waals surface area contributed by atoms with Crippen LogP contribution in [0.1, 0.15) is 17.7 Å². The highest BCUT2D eigenvalue weighted by Crippen LogP contribution is 2.30. The molecule has 2 heterocycles. The van der Waals surface area contributed by atoms with Crippen LogP contribution in [-0.4, -0.2) is 36.2 Å². The monoisotopic (exact) mass is 319 g/mol. The zero-order chi connectivity index (χ0) is 14.2. The number of carbonyl (C=O) groups excluding carboxylic acids is 1. The highest BCUT2D eigenvalue weighted by Gasteiger charge is 2.39. The average molecular weight is 319 g/mol. The van der Waals surface area contributed by atoms with E-state index in [-0.39, 0.29) is 9.20 Å². The molecular weight excluding hydrogens is 306 g/mol. The van der Waals surface area contributed by atoms with Crippen LogP contribution >= 0.6 is 23.6 Å². The SMILES string of the molecule is NC(=O)C1CCCN1S(=O)(=O)c1ccc(C(N)=S)s1. The van der Waals surface area contributed by atoms with E-state index in [1.807, 2.05) is 0 Å².